The maximum Gasteiger partial charge on any atom is 0.251 e. The van der Waals surface area contributed by atoms with Gasteiger partial charge < -0.3 is 10.2 Å². The Morgan fingerprint density at radius 2 is 1.92 bits per heavy atom. The molecule has 1 heterocycles. The van der Waals surface area contributed by atoms with Crippen LogP contribution in [0.25, 0.3) is 0 Å². The van der Waals surface area contributed by atoms with E-state index in [1.807, 2.05) is 33.2 Å². The highest BCUT2D eigenvalue weighted by Crippen LogP contribution is 2.10. The van der Waals surface area contributed by atoms with Crippen molar-refractivity contribution < 1.29 is 9.59 Å². The van der Waals surface area contributed by atoms with Gasteiger partial charge in [-0.15, -0.1) is 0 Å². The van der Waals surface area contributed by atoms with Crippen LogP contribution >= 0.6 is 0 Å². The number of likely N-dealkylation sites (N-methyl/N-ethyl adjacent to an activating group) is 1. The van der Waals surface area contributed by atoms with E-state index in [1.165, 1.54) is 0 Å². The molecule has 0 aliphatic heterocycles. The van der Waals surface area contributed by atoms with Crippen LogP contribution in [0.15, 0.2) is 42.7 Å². The van der Waals surface area contributed by atoms with Crippen LogP contribution in [0.3, 0.4) is 0 Å². The topological polar surface area (TPSA) is 67.2 Å². The first-order chi connectivity index (χ1) is 11.4. The second-order valence-corrected chi connectivity index (χ2v) is 6.28. The summed E-state index contributed by atoms with van der Waals surface area (Å²) in [7, 11) is 3.57. The predicted molar refractivity (Wildman–Crippen MR) is 92.2 cm³/mol. The van der Waals surface area contributed by atoms with Crippen molar-refractivity contribution in [3.63, 3.8) is 0 Å². The summed E-state index contributed by atoms with van der Waals surface area (Å²) in [5.41, 5.74) is 1.50. The van der Waals surface area contributed by atoms with Crippen molar-refractivity contribution in [3.8, 4) is 0 Å². The minimum atomic E-state index is -0.570. The molecule has 0 radical (unpaired) electrons. The number of carbonyl (C=O) groups excluding carboxylic acids is 2. The van der Waals surface area contributed by atoms with Crippen molar-refractivity contribution >= 4 is 11.8 Å². The minimum Gasteiger partial charge on any atom is -0.340 e. The van der Waals surface area contributed by atoms with Crippen LogP contribution in [0.4, 0.5) is 0 Å². The summed E-state index contributed by atoms with van der Waals surface area (Å²) < 4.78 is 1.70. The van der Waals surface area contributed by atoms with E-state index in [0.717, 1.165) is 5.56 Å². The van der Waals surface area contributed by atoms with E-state index in [4.69, 9.17) is 0 Å². The Bertz CT molecular complexity index is 694. The second kappa shape index (κ2) is 7.77. The van der Waals surface area contributed by atoms with E-state index in [0.29, 0.717) is 12.1 Å². The average Bonchev–Trinajstić information content (AvgIpc) is 2.97. The summed E-state index contributed by atoms with van der Waals surface area (Å²) in [6.07, 6.45) is 3.60. The predicted octanol–water partition coefficient (Wildman–Crippen LogP) is 1.83. The van der Waals surface area contributed by atoms with Gasteiger partial charge in [-0.2, -0.15) is 5.10 Å². The number of aryl methyl sites for hydroxylation is 1. The number of rotatable bonds is 6. The van der Waals surface area contributed by atoms with Gasteiger partial charge in [0.05, 0.1) is 6.20 Å². The molecular formula is C18H24N4O2. The molecule has 6 heteroatoms. The highest BCUT2D eigenvalue weighted by atomic mass is 16.2. The lowest BCUT2D eigenvalue weighted by atomic mass is 10.0. The molecule has 2 rings (SSSR count). The van der Waals surface area contributed by atoms with Gasteiger partial charge in [0.15, 0.2) is 0 Å². The lowest BCUT2D eigenvalue weighted by molar-refractivity contribution is -0.133. The van der Waals surface area contributed by atoms with Crippen LogP contribution in [0.2, 0.25) is 0 Å². The maximum absolute atomic E-state index is 12.7. The van der Waals surface area contributed by atoms with Crippen molar-refractivity contribution in [2.45, 2.75) is 26.4 Å². The third-order valence-electron chi connectivity index (χ3n) is 3.81. The van der Waals surface area contributed by atoms with Gasteiger partial charge in [0.25, 0.3) is 5.91 Å². The van der Waals surface area contributed by atoms with Crippen LogP contribution < -0.4 is 5.32 Å². The van der Waals surface area contributed by atoms with Crippen LogP contribution in [-0.2, 0) is 18.4 Å². The lowest BCUT2D eigenvalue weighted by Gasteiger charge is -2.27. The number of benzene rings is 1. The van der Waals surface area contributed by atoms with Crippen LogP contribution in [-0.4, -0.2) is 39.6 Å². The number of hydrogen-bond donors (Lipinski definition) is 1. The van der Waals surface area contributed by atoms with E-state index in [9.17, 15) is 9.59 Å². The van der Waals surface area contributed by atoms with Gasteiger partial charge >= 0.3 is 0 Å². The summed E-state index contributed by atoms with van der Waals surface area (Å²) in [6.45, 7) is 4.30. The summed E-state index contributed by atoms with van der Waals surface area (Å²) in [6, 6.07) is 8.35. The standard InChI is InChI=1S/C18H24N4O2/c1-13(2)16(20-17(23)15-8-6-5-7-9-15)18(24)21(3)11-14-10-19-22(4)12-14/h5-10,12-13,16H,11H2,1-4H3,(H,20,23). The molecule has 1 atom stereocenters. The fourth-order valence-corrected chi connectivity index (χ4v) is 2.47. The molecule has 0 spiro atoms. The highest BCUT2D eigenvalue weighted by Gasteiger charge is 2.27. The third kappa shape index (κ3) is 4.44. The minimum absolute atomic E-state index is 0.0125. The van der Waals surface area contributed by atoms with Crippen molar-refractivity contribution in [1.82, 2.24) is 20.0 Å². The molecule has 0 aliphatic rings. The zero-order valence-electron chi connectivity index (χ0n) is 14.6. The molecule has 2 amide bonds. The van der Waals surface area contributed by atoms with Crippen molar-refractivity contribution in [1.29, 1.82) is 0 Å². The van der Waals surface area contributed by atoms with Gasteiger partial charge in [-0.3, -0.25) is 14.3 Å². The van der Waals surface area contributed by atoms with E-state index in [1.54, 1.807) is 47.1 Å². The molecule has 1 aromatic heterocycles. The van der Waals surface area contributed by atoms with E-state index >= 15 is 0 Å². The summed E-state index contributed by atoms with van der Waals surface area (Å²) in [4.78, 5) is 26.7. The van der Waals surface area contributed by atoms with Gasteiger partial charge in [0, 0.05) is 38.0 Å². The molecule has 0 saturated carbocycles. The van der Waals surface area contributed by atoms with Crippen molar-refractivity contribution in [3.05, 3.63) is 53.9 Å². The number of nitrogens with zero attached hydrogens (tertiary/aromatic N) is 3. The molecule has 6 nitrogen and oxygen atoms in total. The van der Waals surface area contributed by atoms with Crippen LogP contribution in [0.1, 0.15) is 29.8 Å². The van der Waals surface area contributed by atoms with E-state index < -0.39 is 6.04 Å². The molecule has 2 aromatic rings. The smallest absolute Gasteiger partial charge is 0.251 e. The molecule has 24 heavy (non-hydrogen) atoms. The maximum atomic E-state index is 12.7. The lowest BCUT2D eigenvalue weighted by Crippen LogP contribution is -2.50. The third-order valence-corrected chi connectivity index (χ3v) is 3.81. The highest BCUT2D eigenvalue weighted by molar-refractivity contribution is 5.97. The first-order valence-electron chi connectivity index (χ1n) is 7.97. The fourth-order valence-electron chi connectivity index (χ4n) is 2.47. The first-order valence-corrected chi connectivity index (χ1v) is 7.97. The molecule has 0 saturated heterocycles. The Hall–Kier alpha value is -2.63. The Morgan fingerprint density at radius 3 is 2.46 bits per heavy atom. The molecule has 128 valence electrons. The number of carbonyl (C=O) groups is 2. The zero-order chi connectivity index (χ0) is 17.7. The van der Waals surface area contributed by atoms with Crippen LogP contribution in [0, 0.1) is 5.92 Å². The molecule has 1 N–H and O–H groups in total. The Kier molecular flexibility index (Phi) is 5.73. The van der Waals surface area contributed by atoms with Crippen molar-refractivity contribution in [2.75, 3.05) is 7.05 Å². The molecule has 1 unspecified atom stereocenters. The quantitative estimate of drug-likeness (QED) is 0.880. The number of aromatic nitrogens is 2. The fraction of sp³-hybridized carbons (Fsp3) is 0.389. The zero-order valence-corrected chi connectivity index (χ0v) is 14.6. The Balaban J connectivity index is 2.05. The number of nitrogens with one attached hydrogen (secondary N) is 1. The normalized spacial score (nSPS) is 12.0. The van der Waals surface area contributed by atoms with E-state index in [2.05, 4.69) is 10.4 Å². The van der Waals surface area contributed by atoms with E-state index in [-0.39, 0.29) is 17.7 Å². The molecule has 1 aromatic carbocycles. The van der Waals surface area contributed by atoms with Gasteiger partial charge in [-0.25, -0.2) is 0 Å². The molecular weight excluding hydrogens is 304 g/mol. The summed E-state index contributed by atoms with van der Waals surface area (Å²) >= 11 is 0. The van der Waals surface area contributed by atoms with Crippen molar-refractivity contribution in [2.24, 2.45) is 13.0 Å². The Morgan fingerprint density at radius 1 is 1.25 bits per heavy atom. The summed E-state index contributed by atoms with van der Waals surface area (Å²) in [5.74, 6) is -0.364. The van der Waals surface area contributed by atoms with Gasteiger partial charge in [-0.05, 0) is 18.1 Å². The van der Waals surface area contributed by atoms with Gasteiger partial charge in [0.2, 0.25) is 5.91 Å². The monoisotopic (exact) mass is 328 g/mol. The summed E-state index contributed by atoms with van der Waals surface area (Å²) in [5, 5.41) is 6.96. The molecule has 0 aliphatic carbocycles. The average molecular weight is 328 g/mol. The van der Waals surface area contributed by atoms with Gasteiger partial charge in [-0.1, -0.05) is 32.0 Å². The first kappa shape index (κ1) is 17.7. The molecule has 0 fully saturated rings. The van der Waals surface area contributed by atoms with Gasteiger partial charge in [0.1, 0.15) is 6.04 Å². The van der Waals surface area contributed by atoms with Crippen LogP contribution in [0.5, 0.6) is 0 Å². The number of amides is 2. The SMILES string of the molecule is CC(C)C(NC(=O)c1ccccc1)C(=O)N(C)Cc1cnn(C)c1. The molecule has 0 bridgehead atoms. The Labute approximate surface area is 142 Å². The number of hydrogen-bond acceptors (Lipinski definition) is 3. The largest absolute Gasteiger partial charge is 0.340 e. The second-order valence-electron chi connectivity index (χ2n) is 6.28.